The van der Waals surface area contributed by atoms with Crippen LogP contribution >= 0.6 is 0 Å². The summed E-state index contributed by atoms with van der Waals surface area (Å²) in [4.78, 5) is 4.07. The van der Waals surface area contributed by atoms with Gasteiger partial charge in [-0.05, 0) is 24.5 Å². The molecule has 0 amide bonds. The number of hydrogen-bond donors (Lipinski definition) is 1. The Morgan fingerprint density at radius 1 is 1.53 bits per heavy atom. The summed E-state index contributed by atoms with van der Waals surface area (Å²) in [6.07, 6.45) is 6.71. The fourth-order valence-electron chi connectivity index (χ4n) is 1.71. The van der Waals surface area contributed by atoms with Crippen LogP contribution in [0.25, 0.3) is 0 Å². The summed E-state index contributed by atoms with van der Waals surface area (Å²) in [5.74, 6) is 0. The molecule has 2 unspecified atom stereocenters. The van der Waals surface area contributed by atoms with Crippen LogP contribution in [0.15, 0.2) is 24.5 Å². The van der Waals surface area contributed by atoms with Crippen LogP contribution < -0.4 is 5.73 Å². The van der Waals surface area contributed by atoms with Crippen LogP contribution in [0.2, 0.25) is 0 Å². The van der Waals surface area contributed by atoms with Crippen LogP contribution in [0.1, 0.15) is 25.3 Å². The first kappa shape index (κ1) is 12.1. The number of nitrogens with zero attached hydrogens (tertiary/aromatic N) is 1. The Hall–Kier alpha value is -0.930. The van der Waals surface area contributed by atoms with Gasteiger partial charge in [0.25, 0.3) is 0 Å². The summed E-state index contributed by atoms with van der Waals surface area (Å²) >= 11 is 0. The van der Waals surface area contributed by atoms with Crippen LogP contribution in [-0.2, 0) is 11.2 Å². The van der Waals surface area contributed by atoms with Gasteiger partial charge in [0.15, 0.2) is 0 Å². The van der Waals surface area contributed by atoms with Gasteiger partial charge in [0.05, 0.1) is 6.10 Å². The first-order valence-electron chi connectivity index (χ1n) is 5.45. The molecular formula is C12H20N2O. The topological polar surface area (TPSA) is 48.1 Å². The summed E-state index contributed by atoms with van der Waals surface area (Å²) in [6.45, 7) is 2.14. The zero-order chi connectivity index (χ0) is 11.1. The quantitative estimate of drug-likeness (QED) is 0.775. The Balaban J connectivity index is 2.50. The van der Waals surface area contributed by atoms with Crippen LogP contribution in [0.3, 0.4) is 0 Å². The highest BCUT2D eigenvalue weighted by molar-refractivity contribution is 5.10. The number of ether oxygens (including phenoxy) is 1. The lowest BCUT2D eigenvalue weighted by Crippen LogP contribution is -2.37. The van der Waals surface area contributed by atoms with Crippen LogP contribution in [0, 0.1) is 0 Å². The van der Waals surface area contributed by atoms with Crippen molar-refractivity contribution in [1.29, 1.82) is 0 Å². The van der Waals surface area contributed by atoms with E-state index in [1.165, 1.54) is 5.56 Å². The zero-order valence-corrected chi connectivity index (χ0v) is 9.52. The largest absolute Gasteiger partial charge is 0.380 e. The Bertz CT molecular complexity index is 264. The lowest BCUT2D eigenvalue weighted by atomic mass is 10.0. The minimum Gasteiger partial charge on any atom is -0.380 e. The Kier molecular flexibility index (Phi) is 5.29. The van der Waals surface area contributed by atoms with Crippen molar-refractivity contribution >= 4 is 0 Å². The molecule has 84 valence electrons. The SMILES string of the molecule is CCCC(OC)C(N)Cc1cccnc1. The monoisotopic (exact) mass is 208 g/mol. The molecule has 1 aromatic rings. The van der Waals surface area contributed by atoms with E-state index < -0.39 is 0 Å². The van der Waals surface area contributed by atoms with Gasteiger partial charge in [-0.2, -0.15) is 0 Å². The standard InChI is InChI=1S/C12H20N2O/c1-3-5-12(15-2)11(13)8-10-6-4-7-14-9-10/h4,6-7,9,11-12H,3,5,8,13H2,1-2H3. The molecule has 0 aliphatic rings. The average molecular weight is 208 g/mol. The van der Waals surface area contributed by atoms with Gasteiger partial charge in [0, 0.05) is 25.5 Å². The number of pyridine rings is 1. The predicted octanol–water partition coefficient (Wildman–Crippen LogP) is 1.77. The lowest BCUT2D eigenvalue weighted by Gasteiger charge is -2.21. The molecule has 0 aliphatic carbocycles. The van der Waals surface area contributed by atoms with Gasteiger partial charge < -0.3 is 10.5 Å². The van der Waals surface area contributed by atoms with E-state index in [-0.39, 0.29) is 12.1 Å². The molecule has 2 atom stereocenters. The van der Waals surface area contributed by atoms with Crippen molar-refractivity contribution in [3.63, 3.8) is 0 Å². The Morgan fingerprint density at radius 2 is 2.33 bits per heavy atom. The van der Waals surface area contributed by atoms with Gasteiger partial charge >= 0.3 is 0 Å². The fraction of sp³-hybridized carbons (Fsp3) is 0.583. The van der Waals surface area contributed by atoms with Crippen LogP contribution in [-0.4, -0.2) is 24.2 Å². The highest BCUT2D eigenvalue weighted by atomic mass is 16.5. The zero-order valence-electron chi connectivity index (χ0n) is 9.52. The van der Waals surface area contributed by atoms with Crippen LogP contribution in [0.5, 0.6) is 0 Å². The highest BCUT2D eigenvalue weighted by Gasteiger charge is 2.16. The van der Waals surface area contributed by atoms with Gasteiger partial charge in [-0.3, -0.25) is 4.98 Å². The molecule has 15 heavy (non-hydrogen) atoms. The van der Waals surface area contributed by atoms with Crippen molar-refractivity contribution in [3.8, 4) is 0 Å². The lowest BCUT2D eigenvalue weighted by molar-refractivity contribution is 0.0726. The van der Waals surface area contributed by atoms with Crippen molar-refractivity contribution in [1.82, 2.24) is 4.98 Å². The average Bonchev–Trinajstić information content (AvgIpc) is 2.27. The first-order valence-corrected chi connectivity index (χ1v) is 5.45. The van der Waals surface area contributed by atoms with E-state index in [4.69, 9.17) is 10.5 Å². The number of hydrogen-bond acceptors (Lipinski definition) is 3. The third-order valence-corrected chi connectivity index (χ3v) is 2.55. The second kappa shape index (κ2) is 6.53. The van der Waals surface area contributed by atoms with Crippen LogP contribution in [0.4, 0.5) is 0 Å². The summed E-state index contributed by atoms with van der Waals surface area (Å²) in [6, 6.07) is 4.04. The molecule has 3 heteroatoms. The number of rotatable bonds is 6. The van der Waals surface area contributed by atoms with Crippen molar-refractivity contribution in [3.05, 3.63) is 30.1 Å². The van der Waals surface area contributed by atoms with E-state index in [0.717, 1.165) is 19.3 Å². The van der Waals surface area contributed by atoms with E-state index >= 15 is 0 Å². The molecule has 0 radical (unpaired) electrons. The smallest absolute Gasteiger partial charge is 0.0725 e. The maximum absolute atomic E-state index is 6.09. The molecule has 1 heterocycles. The second-order valence-corrected chi connectivity index (χ2v) is 3.79. The molecule has 1 aromatic heterocycles. The normalized spacial score (nSPS) is 14.9. The van der Waals surface area contributed by atoms with E-state index in [1.807, 2.05) is 18.3 Å². The highest BCUT2D eigenvalue weighted by Crippen LogP contribution is 2.09. The van der Waals surface area contributed by atoms with Crippen molar-refractivity contribution in [2.45, 2.75) is 38.3 Å². The third kappa shape index (κ3) is 3.98. The minimum atomic E-state index is 0.0548. The Morgan fingerprint density at radius 3 is 2.87 bits per heavy atom. The molecule has 0 aliphatic heterocycles. The van der Waals surface area contributed by atoms with E-state index in [9.17, 15) is 0 Å². The molecule has 1 rings (SSSR count). The van der Waals surface area contributed by atoms with Gasteiger partial charge in [0.2, 0.25) is 0 Å². The molecule has 0 bridgehead atoms. The van der Waals surface area contributed by atoms with Gasteiger partial charge in [0.1, 0.15) is 0 Å². The number of aromatic nitrogens is 1. The summed E-state index contributed by atoms with van der Waals surface area (Å²) in [7, 11) is 1.73. The number of nitrogens with two attached hydrogens (primary N) is 1. The molecule has 0 saturated heterocycles. The summed E-state index contributed by atoms with van der Waals surface area (Å²) < 4.78 is 5.38. The van der Waals surface area contributed by atoms with E-state index in [1.54, 1.807) is 13.3 Å². The third-order valence-electron chi connectivity index (χ3n) is 2.55. The first-order chi connectivity index (χ1) is 7.27. The predicted molar refractivity (Wildman–Crippen MR) is 61.6 cm³/mol. The molecule has 0 fully saturated rings. The Labute approximate surface area is 91.7 Å². The molecule has 2 N–H and O–H groups in total. The van der Waals surface area contributed by atoms with Gasteiger partial charge in [-0.15, -0.1) is 0 Å². The second-order valence-electron chi connectivity index (χ2n) is 3.79. The maximum atomic E-state index is 6.09. The molecule has 0 spiro atoms. The molecule has 3 nitrogen and oxygen atoms in total. The maximum Gasteiger partial charge on any atom is 0.0725 e. The van der Waals surface area contributed by atoms with Gasteiger partial charge in [-0.1, -0.05) is 19.4 Å². The summed E-state index contributed by atoms with van der Waals surface area (Å²) in [5.41, 5.74) is 7.26. The van der Waals surface area contributed by atoms with E-state index in [2.05, 4.69) is 11.9 Å². The van der Waals surface area contributed by atoms with Crippen molar-refractivity contribution in [2.24, 2.45) is 5.73 Å². The summed E-state index contributed by atoms with van der Waals surface area (Å²) in [5, 5.41) is 0. The molecular weight excluding hydrogens is 188 g/mol. The van der Waals surface area contributed by atoms with Crippen molar-refractivity contribution < 1.29 is 4.74 Å². The van der Waals surface area contributed by atoms with Crippen molar-refractivity contribution in [2.75, 3.05) is 7.11 Å². The number of methoxy groups -OCH3 is 1. The van der Waals surface area contributed by atoms with Gasteiger partial charge in [-0.25, -0.2) is 0 Å². The molecule has 0 saturated carbocycles. The molecule has 0 aromatic carbocycles. The minimum absolute atomic E-state index is 0.0548. The fourth-order valence-corrected chi connectivity index (χ4v) is 1.71. The van der Waals surface area contributed by atoms with E-state index in [0.29, 0.717) is 0 Å².